The molecule has 0 saturated heterocycles. The van der Waals surface area contributed by atoms with Crippen LogP contribution in [0.3, 0.4) is 0 Å². The van der Waals surface area contributed by atoms with E-state index in [0.717, 1.165) is 24.5 Å². The molecule has 1 aliphatic heterocycles. The second kappa shape index (κ2) is 5.88. The van der Waals surface area contributed by atoms with Crippen molar-refractivity contribution in [3.05, 3.63) is 23.8 Å². The van der Waals surface area contributed by atoms with Crippen LogP contribution in [0.25, 0.3) is 0 Å². The van der Waals surface area contributed by atoms with Crippen LogP contribution in [0.2, 0.25) is 0 Å². The molecule has 1 fully saturated rings. The van der Waals surface area contributed by atoms with E-state index >= 15 is 0 Å². The Morgan fingerprint density at radius 2 is 2.05 bits per heavy atom. The van der Waals surface area contributed by atoms with Gasteiger partial charge in [0.05, 0.1) is 6.10 Å². The minimum Gasteiger partial charge on any atom is -0.490 e. The Labute approximate surface area is 128 Å². The smallest absolute Gasteiger partial charge is 0.128 e. The third kappa shape index (κ3) is 3.34. The number of benzene rings is 1. The quantitative estimate of drug-likeness (QED) is 0.900. The van der Waals surface area contributed by atoms with E-state index in [9.17, 15) is 0 Å². The third-order valence-electron chi connectivity index (χ3n) is 4.50. The summed E-state index contributed by atoms with van der Waals surface area (Å²) in [6.07, 6.45) is 6.34. The van der Waals surface area contributed by atoms with Crippen LogP contribution in [-0.4, -0.2) is 18.2 Å². The lowest BCUT2D eigenvalue weighted by Gasteiger charge is -2.38. The van der Waals surface area contributed by atoms with Crippen LogP contribution in [0.15, 0.2) is 18.2 Å². The summed E-state index contributed by atoms with van der Waals surface area (Å²) < 4.78 is 12.3. The van der Waals surface area contributed by atoms with Gasteiger partial charge in [0.15, 0.2) is 0 Å². The number of hydrogen-bond acceptors (Lipinski definition) is 3. The van der Waals surface area contributed by atoms with Crippen molar-refractivity contribution in [1.82, 2.24) is 5.32 Å². The van der Waals surface area contributed by atoms with Gasteiger partial charge in [-0.25, -0.2) is 0 Å². The summed E-state index contributed by atoms with van der Waals surface area (Å²) >= 11 is 0. The summed E-state index contributed by atoms with van der Waals surface area (Å²) in [6.45, 7) is 7.44. The number of ether oxygens (including phenoxy) is 2. The average molecular weight is 289 g/mol. The molecule has 3 rings (SSSR count). The van der Waals surface area contributed by atoms with Crippen LogP contribution in [0.4, 0.5) is 0 Å². The summed E-state index contributed by atoms with van der Waals surface area (Å²) in [7, 11) is 0. The molecule has 3 heteroatoms. The first-order valence-electron chi connectivity index (χ1n) is 8.30. The Morgan fingerprint density at radius 1 is 1.29 bits per heavy atom. The fraction of sp³-hybridized carbons (Fsp3) is 0.667. The van der Waals surface area contributed by atoms with Crippen LogP contribution >= 0.6 is 0 Å². The van der Waals surface area contributed by atoms with Crippen molar-refractivity contribution in [2.75, 3.05) is 6.54 Å². The van der Waals surface area contributed by atoms with Crippen LogP contribution in [0, 0.1) is 0 Å². The lowest BCUT2D eigenvalue weighted by atomic mass is 9.89. The van der Waals surface area contributed by atoms with Crippen molar-refractivity contribution in [3.8, 4) is 11.5 Å². The highest BCUT2D eigenvalue weighted by Gasteiger charge is 2.33. The Morgan fingerprint density at radius 3 is 2.76 bits per heavy atom. The van der Waals surface area contributed by atoms with Crippen molar-refractivity contribution in [1.29, 1.82) is 0 Å². The molecule has 1 atom stereocenters. The topological polar surface area (TPSA) is 30.5 Å². The Kier molecular flexibility index (Phi) is 4.12. The Balaban J connectivity index is 1.82. The summed E-state index contributed by atoms with van der Waals surface area (Å²) in [5, 5.41) is 3.57. The van der Waals surface area contributed by atoms with Crippen LogP contribution < -0.4 is 14.8 Å². The van der Waals surface area contributed by atoms with Crippen LogP contribution in [0.1, 0.15) is 64.5 Å². The normalized spacial score (nSPS) is 24.4. The maximum absolute atomic E-state index is 6.18. The molecule has 0 spiro atoms. The van der Waals surface area contributed by atoms with Gasteiger partial charge in [-0.05, 0) is 52.1 Å². The van der Waals surface area contributed by atoms with E-state index in [-0.39, 0.29) is 5.60 Å². The molecular weight excluding hydrogens is 262 g/mol. The Hall–Kier alpha value is -1.22. The van der Waals surface area contributed by atoms with Gasteiger partial charge in [0, 0.05) is 24.1 Å². The Bertz CT molecular complexity index is 492. The number of hydrogen-bond donors (Lipinski definition) is 1. The maximum Gasteiger partial charge on any atom is 0.128 e. The van der Waals surface area contributed by atoms with Crippen LogP contribution in [0.5, 0.6) is 11.5 Å². The molecule has 0 radical (unpaired) electrons. The van der Waals surface area contributed by atoms with E-state index in [0.29, 0.717) is 12.1 Å². The predicted octanol–water partition coefficient (Wildman–Crippen LogP) is 4.22. The molecule has 1 aromatic rings. The molecule has 1 heterocycles. The lowest BCUT2D eigenvalue weighted by molar-refractivity contribution is 0.0657. The summed E-state index contributed by atoms with van der Waals surface area (Å²) in [5.74, 6) is 1.93. The highest BCUT2D eigenvalue weighted by molar-refractivity contribution is 5.44. The first-order chi connectivity index (χ1) is 10.1. The van der Waals surface area contributed by atoms with Gasteiger partial charge >= 0.3 is 0 Å². The minimum absolute atomic E-state index is 0.133. The fourth-order valence-corrected chi connectivity index (χ4v) is 3.53. The molecule has 1 aliphatic carbocycles. The third-order valence-corrected chi connectivity index (χ3v) is 4.50. The predicted molar refractivity (Wildman–Crippen MR) is 85.1 cm³/mol. The second-order valence-electron chi connectivity index (χ2n) is 6.90. The molecule has 0 aromatic heterocycles. The van der Waals surface area contributed by atoms with E-state index in [1.54, 1.807) is 0 Å². The van der Waals surface area contributed by atoms with Gasteiger partial charge in [-0.1, -0.05) is 13.0 Å². The molecule has 1 saturated carbocycles. The van der Waals surface area contributed by atoms with E-state index in [2.05, 4.69) is 44.3 Å². The molecule has 116 valence electrons. The average Bonchev–Trinajstić information content (AvgIpc) is 2.90. The number of fused-ring (bicyclic) bond motifs is 1. The monoisotopic (exact) mass is 289 g/mol. The van der Waals surface area contributed by atoms with Crippen LogP contribution in [-0.2, 0) is 0 Å². The molecule has 3 nitrogen and oxygen atoms in total. The van der Waals surface area contributed by atoms with Gasteiger partial charge in [-0.3, -0.25) is 0 Å². The van der Waals surface area contributed by atoms with Gasteiger partial charge in [0.1, 0.15) is 17.1 Å². The largest absolute Gasteiger partial charge is 0.490 e. The van der Waals surface area contributed by atoms with Crippen molar-refractivity contribution in [2.45, 2.75) is 70.6 Å². The lowest BCUT2D eigenvalue weighted by Crippen LogP contribution is -2.39. The van der Waals surface area contributed by atoms with E-state index in [1.807, 2.05) is 0 Å². The van der Waals surface area contributed by atoms with Gasteiger partial charge in [-0.15, -0.1) is 0 Å². The van der Waals surface area contributed by atoms with Gasteiger partial charge in [-0.2, -0.15) is 0 Å². The summed E-state index contributed by atoms with van der Waals surface area (Å²) in [6, 6.07) is 6.72. The molecule has 2 aliphatic rings. The van der Waals surface area contributed by atoms with Crippen molar-refractivity contribution in [2.24, 2.45) is 0 Å². The number of rotatable bonds is 4. The maximum atomic E-state index is 6.18. The van der Waals surface area contributed by atoms with Crippen molar-refractivity contribution in [3.63, 3.8) is 0 Å². The zero-order chi connectivity index (χ0) is 14.9. The molecule has 0 bridgehead atoms. The molecule has 1 aromatic carbocycles. The summed E-state index contributed by atoms with van der Waals surface area (Å²) in [5.41, 5.74) is 1.13. The van der Waals surface area contributed by atoms with Gasteiger partial charge in [0.2, 0.25) is 0 Å². The SMILES string of the molecule is CCNC1CC(C)(C)Oc2cc(OC3CCCC3)ccc21. The number of nitrogens with one attached hydrogen (secondary N) is 1. The van der Waals surface area contributed by atoms with Crippen molar-refractivity contribution < 1.29 is 9.47 Å². The molecule has 0 amide bonds. The zero-order valence-corrected chi connectivity index (χ0v) is 13.4. The molecule has 1 N–H and O–H groups in total. The first-order valence-corrected chi connectivity index (χ1v) is 8.30. The van der Waals surface area contributed by atoms with Crippen molar-refractivity contribution >= 4 is 0 Å². The highest BCUT2D eigenvalue weighted by atomic mass is 16.5. The van der Waals surface area contributed by atoms with E-state index in [1.165, 1.54) is 31.2 Å². The van der Waals surface area contributed by atoms with E-state index < -0.39 is 0 Å². The standard InChI is InChI=1S/C18H27NO2/c1-4-19-16-12-18(2,3)21-17-11-14(9-10-15(16)17)20-13-7-5-6-8-13/h9-11,13,16,19H,4-8,12H2,1-3H3. The molecular formula is C18H27NO2. The minimum atomic E-state index is -0.133. The second-order valence-corrected chi connectivity index (χ2v) is 6.90. The van der Waals surface area contributed by atoms with Gasteiger partial charge < -0.3 is 14.8 Å². The van der Waals surface area contributed by atoms with E-state index in [4.69, 9.17) is 9.47 Å². The fourth-order valence-electron chi connectivity index (χ4n) is 3.53. The molecule has 21 heavy (non-hydrogen) atoms. The first kappa shape index (κ1) is 14.7. The molecule has 1 unspecified atom stereocenters. The zero-order valence-electron chi connectivity index (χ0n) is 13.4. The highest BCUT2D eigenvalue weighted by Crippen LogP contribution is 2.41. The summed E-state index contributed by atoms with van der Waals surface area (Å²) in [4.78, 5) is 0. The van der Waals surface area contributed by atoms with Gasteiger partial charge in [0.25, 0.3) is 0 Å².